The maximum absolute atomic E-state index is 11.7. The molecule has 0 spiro atoms. The van der Waals surface area contributed by atoms with Crippen molar-refractivity contribution in [2.24, 2.45) is 0 Å². The van der Waals surface area contributed by atoms with Gasteiger partial charge in [0.1, 0.15) is 5.54 Å². The van der Waals surface area contributed by atoms with Crippen LogP contribution >= 0.6 is 0 Å². The summed E-state index contributed by atoms with van der Waals surface area (Å²) in [5.41, 5.74) is -0.654. The fourth-order valence-corrected chi connectivity index (χ4v) is 3.74. The normalized spacial score (nSPS) is 40.1. The quantitative estimate of drug-likeness (QED) is 0.796. The van der Waals surface area contributed by atoms with Crippen molar-refractivity contribution in [1.29, 1.82) is 0 Å². The molecular formula is C15H27N3O2. The first-order valence-corrected chi connectivity index (χ1v) is 7.95. The molecule has 3 fully saturated rings. The van der Waals surface area contributed by atoms with Crippen molar-refractivity contribution < 1.29 is 9.90 Å². The van der Waals surface area contributed by atoms with Crippen LogP contribution in [0.4, 0.5) is 0 Å². The summed E-state index contributed by atoms with van der Waals surface area (Å²) in [6.07, 6.45) is 4.86. The van der Waals surface area contributed by atoms with Gasteiger partial charge in [-0.2, -0.15) is 0 Å². The van der Waals surface area contributed by atoms with E-state index < -0.39 is 11.5 Å². The van der Waals surface area contributed by atoms with Gasteiger partial charge in [0.05, 0.1) is 0 Å². The number of carboxylic acid groups (broad SMARTS) is 1. The van der Waals surface area contributed by atoms with E-state index in [1.807, 2.05) is 0 Å². The van der Waals surface area contributed by atoms with Crippen LogP contribution in [-0.2, 0) is 4.79 Å². The molecule has 3 rings (SSSR count). The Bertz CT molecular complexity index is 385. The lowest BCUT2D eigenvalue weighted by Crippen LogP contribution is -2.55. The Morgan fingerprint density at radius 2 is 2.05 bits per heavy atom. The van der Waals surface area contributed by atoms with Crippen molar-refractivity contribution in [1.82, 2.24) is 15.1 Å². The standard InChI is InChI=1S/C15H27N3O2/c1-11-10-18(8-7-17(11)2)13-5-6-15(9-13,14(19)20)16-12-3-4-12/h11-13,16H,3-10H2,1-2H3,(H,19,20). The summed E-state index contributed by atoms with van der Waals surface area (Å²) in [4.78, 5) is 16.6. The summed E-state index contributed by atoms with van der Waals surface area (Å²) in [6.45, 7) is 5.49. The maximum atomic E-state index is 11.7. The summed E-state index contributed by atoms with van der Waals surface area (Å²) in [5, 5.41) is 13.1. The lowest BCUT2D eigenvalue weighted by atomic mass is 9.96. The summed E-state index contributed by atoms with van der Waals surface area (Å²) < 4.78 is 0. The predicted molar refractivity (Wildman–Crippen MR) is 77.8 cm³/mol. The third-order valence-electron chi connectivity index (χ3n) is 5.46. The average Bonchev–Trinajstić information content (AvgIpc) is 3.10. The van der Waals surface area contributed by atoms with Gasteiger partial charge in [0, 0.05) is 37.8 Å². The van der Waals surface area contributed by atoms with Crippen molar-refractivity contribution >= 4 is 5.97 Å². The van der Waals surface area contributed by atoms with Gasteiger partial charge in [-0.1, -0.05) is 0 Å². The molecule has 0 radical (unpaired) electrons. The van der Waals surface area contributed by atoms with Gasteiger partial charge in [0.15, 0.2) is 0 Å². The zero-order valence-electron chi connectivity index (χ0n) is 12.6. The second-order valence-electron chi connectivity index (χ2n) is 7.03. The predicted octanol–water partition coefficient (Wildman–Crippen LogP) is 0.750. The Hall–Kier alpha value is -0.650. The smallest absolute Gasteiger partial charge is 0.323 e. The van der Waals surface area contributed by atoms with Gasteiger partial charge in [0.2, 0.25) is 0 Å². The van der Waals surface area contributed by atoms with E-state index in [4.69, 9.17) is 0 Å². The number of nitrogens with zero attached hydrogens (tertiary/aromatic N) is 2. The number of carboxylic acids is 1. The molecule has 5 nitrogen and oxygen atoms in total. The number of piperazine rings is 1. The molecule has 114 valence electrons. The van der Waals surface area contributed by atoms with E-state index in [1.54, 1.807) is 0 Å². The minimum Gasteiger partial charge on any atom is -0.480 e. The minimum absolute atomic E-state index is 0.438. The zero-order valence-corrected chi connectivity index (χ0v) is 12.6. The van der Waals surface area contributed by atoms with Crippen LogP contribution in [0, 0.1) is 0 Å². The summed E-state index contributed by atoms with van der Waals surface area (Å²) >= 11 is 0. The van der Waals surface area contributed by atoms with Crippen LogP contribution in [-0.4, -0.2) is 71.2 Å². The molecular weight excluding hydrogens is 254 g/mol. The van der Waals surface area contributed by atoms with Crippen LogP contribution in [0.3, 0.4) is 0 Å². The van der Waals surface area contributed by atoms with Crippen molar-refractivity contribution in [3.63, 3.8) is 0 Å². The molecule has 3 atom stereocenters. The number of hydrogen-bond acceptors (Lipinski definition) is 4. The van der Waals surface area contributed by atoms with E-state index in [9.17, 15) is 9.90 Å². The number of aliphatic carboxylic acids is 1. The minimum atomic E-state index is -0.654. The highest BCUT2D eigenvalue weighted by Gasteiger charge is 2.49. The molecule has 5 heteroatoms. The van der Waals surface area contributed by atoms with E-state index >= 15 is 0 Å². The fourth-order valence-electron chi connectivity index (χ4n) is 3.74. The Morgan fingerprint density at radius 1 is 1.30 bits per heavy atom. The van der Waals surface area contributed by atoms with Crippen LogP contribution in [0.15, 0.2) is 0 Å². The zero-order chi connectivity index (χ0) is 14.3. The second-order valence-corrected chi connectivity index (χ2v) is 7.03. The highest BCUT2D eigenvalue weighted by molar-refractivity contribution is 5.79. The Kier molecular flexibility index (Phi) is 3.77. The largest absolute Gasteiger partial charge is 0.480 e. The average molecular weight is 281 g/mol. The molecule has 2 saturated carbocycles. The van der Waals surface area contributed by atoms with Crippen molar-refractivity contribution in [3.8, 4) is 0 Å². The molecule has 1 aliphatic heterocycles. The molecule has 2 aliphatic carbocycles. The van der Waals surface area contributed by atoms with Crippen LogP contribution in [0.25, 0.3) is 0 Å². The molecule has 0 aromatic carbocycles. The summed E-state index contributed by atoms with van der Waals surface area (Å²) in [5.74, 6) is -0.644. The van der Waals surface area contributed by atoms with Gasteiger partial charge in [-0.25, -0.2) is 0 Å². The lowest BCUT2D eigenvalue weighted by molar-refractivity contribution is -0.145. The van der Waals surface area contributed by atoms with Crippen LogP contribution in [0.1, 0.15) is 39.0 Å². The molecule has 2 N–H and O–H groups in total. The molecule has 0 bridgehead atoms. The summed E-state index contributed by atoms with van der Waals surface area (Å²) in [6, 6.07) is 1.46. The number of nitrogens with one attached hydrogen (secondary N) is 1. The highest BCUT2D eigenvalue weighted by Crippen LogP contribution is 2.37. The Balaban J connectivity index is 1.63. The monoisotopic (exact) mass is 281 g/mol. The lowest BCUT2D eigenvalue weighted by Gasteiger charge is -2.41. The van der Waals surface area contributed by atoms with E-state index in [2.05, 4.69) is 29.1 Å². The van der Waals surface area contributed by atoms with Crippen LogP contribution in [0.5, 0.6) is 0 Å². The van der Waals surface area contributed by atoms with E-state index in [1.165, 1.54) is 0 Å². The van der Waals surface area contributed by atoms with Crippen molar-refractivity contribution in [3.05, 3.63) is 0 Å². The van der Waals surface area contributed by atoms with Crippen LogP contribution in [0.2, 0.25) is 0 Å². The number of likely N-dealkylation sites (N-methyl/N-ethyl adjacent to an activating group) is 1. The Labute approximate surface area is 121 Å². The molecule has 0 aromatic heterocycles. The first-order valence-electron chi connectivity index (χ1n) is 7.95. The van der Waals surface area contributed by atoms with Gasteiger partial charge < -0.3 is 10.0 Å². The Morgan fingerprint density at radius 3 is 2.65 bits per heavy atom. The van der Waals surface area contributed by atoms with Gasteiger partial charge in [0.25, 0.3) is 0 Å². The summed E-state index contributed by atoms with van der Waals surface area (Å²) in [7, 11) is 2.17. The third kappa shape index (κ3) is 2.71. The maximum Gasteiger partial charge on any atom is 0.323 e. The first-order chi connectivity index (χ1) is 9.50. The SMILES string of the molecule is CC1CN(C2CCC(NC3CC3)(C(=O)O)C2)CCN1C. The molecule has 3 aliphatic rings. The van der Waals surface area contributed by atoms with Crippen molar-refractivity contribution in [2.45, 2.75) is 62.7 Å². The van der Waals surface area contributed by atoms with Crippen molar-refractivity contribution in [2.75, 3.05) is 26.7 Å². The molecule has 0 amide bonds. The highest BCUT2D eigenvalue weighted by atomic mass is 16.4. The van der Waals surface area contributed by atoms with E-state index in [0.717, 1.165) is 51.7 Å². The van der Waals surface area contributed by atoms with E-state index in [-0.39, 0.29) is 0 Å². The molecule has 20 heavy (non-hydrogen) atoms. The van der Waals surface area contributed by atoms with Gasteiger partial charge in [-0.3, -0.25) is 15.0 Å². The first kappa shape index (κ1) is 14.3. The third-order valence-corrected chi connectivity index (χ3v) is 5.46. The molecule has 1 heterocycles. The van der Waals surface area contributed by atoms with Gasteiger partial charge in [-0.05, 0) is 46.1 Å². The van der Waals surface area contributed by atoms with Gasteiger partial charge >= 0.3 is 5.97 Å². The topological polar surface area (TPSA) is 55.8 Å². The number of rotatable bonds is 4. The van der Waals surface area contributed by atoms with Crippen LogP contribution < -0.4 is 5.32 Å². The molecule has 0 aromatic rings. The van der Waals surface area contributed by atoms with E-state index in [0.29, 0.717) is 18.1 Å². The number of hydrogen-bond donors (Lipinski definition) is 2. The molecule has 3 unspecified atom stereocenters. The van der Waals surface area contributed by atoms with Gasteiger partial charge in [-0.15, -0.1) is 0 Å². The fraction of sp³-hybridized carbons (Fsp3) is 0.933. The number of carbonyl (C=O) groups is 1. The molecule has 1 saturated heterocycles. The second kappa shape index (κ2) is 5.28.